The summed E-state index contributed by atoms with van der Waals surface area (Å²) in [5.41, 5.74) is 5.74. The van der Waals surface area contributed by atoms with Crippen molar-refractivity contribution in [3.05, 3.63) is 78.2 Å². The van der Waals surface area contributed by atoms with Gasteiger partial charge in [-0.2, -0.15) is 0 Å². The molecule has 10 nitrogen and oxygen atoms in total. The number of hydrogen-bond acceptors (Lipinski definition) is 7. The van der Waals surface area contributed by atoms with Crippen LogP contribution < -0.4 is 14.8 Å². The summed E-state index contributed by atoms with van der Waals surface area (Å²) in [6, 6.07) is 16.9. The summed E-state index contributed by atoms with van der Waals surface area (Å²) in [5.74, 6) is 0.949. The molecule has 0 aliphatic heterocycles. The van der Waals surface area contributed by atoms with Gasteiger partial charge in [-0.25, -0.2) is 14.8 Å². The first-order valence-electron chi connectivity index (χ1n) is 13.2. The van der Waals surface area contributed by atoms with E-state index in [-0.39, 0.29) is 5.88 Å². The Morgan fingerprint density at radius 3 is 2.68 bits per heavy atom. The lowest BCUT2D eigenvalue weighted by Gasteiger charge is -2.09. The zero-order valence-electron chi connectivity index (χ0n) is 22.7. The fourth-order valence-electron chi connectivity index (χ4n) is 4.97. The lowest BCUT2D eigenvalue weighted by molar-refractivity contribution is 0.146. The number of H-pyrrole nitrogens is 2. The zero-order chi connectivity index (χ0) is 28.3. The normalized spacial score (nSPS) is 11.4. The molecular formula is C31H29N5O5. The molecule has 6 rings (SSSR count). The van der Waals surface area contributed by atoms with E-state index in [0.717, 1.165) is 21.9 Å². The van der Waals surface area contributed by atoms with E-state index in [4.69, 9.17) is 14.2 Å². The second kappa shape index (κ2) is 11.2. The molecule has 0 saturated heterocycles. The van der Waals surface area contributed by atoms with Gasteiger partial charge in [-0.1, -0.05) is 11.6 Å². The molecule has 0 bridgehead atoms. The quantitative estimate of drug-likeness (QED) is 0.171. The molecule has 1 amide bonds. The Balaban J connectivity index is 1.20. The van der Waals surface area contributed by atoms with Crippen molar-refractivity contribution in [1.82, 2.24) is 25.3 Å². The predicted molar refractivity (Wildman–Crippen MR) is 157 cm³/mol. The molecular weight excluding hydrogens is 522 g/mol. The molecule has 6 aromatic rings. The minimum atomic E-state index is -0.560. The summed E-state index contributed by atoms with van der Waals surface area (Å²) in [4.78, 5) is 27.7. The maximum absolute atomic E-state index is 12.6. The third-order valence-electron chi connectivity index (χ3n) is 6.95. The van der Waals surface area contributed by atoms with Gasteiger partial charge in [0.2, 0.25) is 0 Å². The van der Waals surface area contributed by atoms with Crippen LogP contribution in [-0.2, 0) is 11.2 Å². The smallest absolute Gasteiger partial charge is 0.412 e. The van der Waals surface area contributed by atoms with Crippen LogP contribution in [0.3, 0.4) is 0 Å². The molecule has 0 atom stereocenters. The van der Waals surface area contributed by atoms with Crippen molar-refractivity contribution in [2.75, 3.05) is 26.9 Å². The topological polar surface area (TPSA) is 134 Å². The summed E-state index contributed by atoms with van der Waals surface area (Å²) in [7, 11) is 1.62. The van der Waals surface area contributed by atoms with Crippen molar-refractivity contribution >= 4 is 38.8 Å². The fraction of sp³-hybridized carbons (Fsp3) is 0.194. The van der Waals surface area contributed by atoms with Gasteiger partial charge in [-0.3, -0.25) is 0 Å². The average Bonchev–Trinajstić information content (AvgIpc) is 3.51. The van der Waals surface area contributed by atoms with Crippen molar-refractivity contribution in [3.63, 3.8) is 0 Å². The van der Waals surface area contributed by atoms with Crippen LogP contribution in [0.1, 0.15) is 11.1 Å². The molecule has 3 heterocycles. The second-order valence-electron chi connectivity index (χ2n) is 9.73. The number of carbonyl (C=O) groups is 1. The zero-order valence-corrected chi connectivity index (χ0v) is 22.7. The maximum atomic E-state index is 12.6. The largest absolute Gasteiger partial charge is 0.494 e. The van der Waals surface area contributed by atoms with E-state index >= 15 is 0 Å². The van der Waals surface area contributed by atoms with E-state index in [1.165, 1.54) is 11.9 Å². The van der Waals surface area contributed by atoms with Crippen molar-refractivity contribution in [2.45, 2.75) is 13.3 Å². The number of amides is 1. The first kappa shape index (κ1) is 26.1. The van der Waals surface area contributed by atoms with E-state index in [1.807, 2.05) is 24.4 Å². The number of aromatic hydroxyl groups is 1. The van der Waals surface area contributed by atoms with Crippen LogP contribution in [-0.4, -0.2) is 58.0 Å². The molecule has 0 spiro atoms. The van der Waals surface area contributed by atoms with E-state index < -0.39 is 6.09 Å². The van der Waals surface area contributed by atoms with E-state index in [0.29, 0.717) is 65.4 Å². The van der Waals surface area contributed by atoms with Gasteiger partial charge in [0.25, 0.3) is 0 Å². The summed E-state index contributed by atoms with van der Waals surface area (Å²) >= 11 is 0. The van der Waals surface area contributed by atoms with Crippen LogP contribution in [0.15, 0.2) is 67.1 Å². The Morgan fingerprint density at radius 1 is 0.951 bits per heavy atom. The van der Waals surface area contributed by atoms with Crippen LogP contribution in [0.25, 0.3) is 44.0 Å². The van der Waals surface area contributed by atoms with Gasteiger partial charge in [-0.05, 0) is 61.4 Å². The number of benzene rings is 3. The molecule has 10 heteroatoms. The average molecular weight is 552 g/mol. The van der Waals surface area contributed by atoms with Gasteiger partial charge in [0.1, 0.15) is 24.4 Å². The Morgan fingerprint density at radius 2 is 1.80 bits per heavy atom. The number of aromatic amines is 2. The van der Waals surface area contributed by atoms with Crippen LogP contribution >= 0.6 is 0 Å². The van der Waals surface area contributed by atoms with E-state index in [2.05, 4.69) is 50.4 Å². The van der Waals surface area contributed by atoms with Crippen LogP contribution in [0.2, 0.25) is 0 Å². The SMILES string of the molecule is COCCOc1ccc2c(-c3c(O)[nH]c4ccc(OC(=O)NCCc5c[nH]c6ccc(C)cc56)cc34)ncnc2c1. The van der Waals surface area contributed by atoms with Crippen molar-refractivity contribution in [3.8, 4) is 28.6 Å². The lowest BCUT2D eigenvalue weighted by atomic mass is 10.0. The highest BCUT2D eigenvalue weighted by atomic mass is 16.6. The van der Waals surface area contributed by atoms with Crippen LogP contribution in [0.5, 0.6) is 17.4 Å². The highest BCUT2D eigenvalue weighted by Crippen LogP contribution is 2.40. The summed E-state index contributed by atoms with van der Waals surface area (Å²) < 4.78 is 16.3. The molecule has 208 valence electrons. The number of nitrogens with zero attached hydrogens (tertiary/aromatic N) is 2. The van der Waals surface area contributed by atoms with Crippen molar-refractivity contribution in [2.24, 2.45) is 0 Å². The Kier molecular flexibility index (Phi) is 7.13. The minimum Gasteiger partial charge on any atom is -0.494 e. The first-order valence-corrected chi connectivity index (χ1v) is 13.2. The molecule has 4 N–H and O–H groups in total. The number of rotatable bonds is 9. The maximum Gasteiger partial charge on any atom is 0.412 e. The van der Waals surface area contributed by atoms with Crippen molar-refractivity contribution < 1.29 is 24.1 Å². The molecule has 41 heavy (non-hydrogen) atoms. The standard InChI is InChI=1S/C31H29N5O5/c1-18-3-7-25-23(13-18)19(16-33-25)9-10-32-31(38)41-21-5-8-26-24(14-21)28(30(37)36-26)29-22-6-4-20(40-12-11-39-2)15-27(22)34-17-35-29/h3-8,13-17,33,36-37H,9-12H2,1-2H3,(H,32,38). The predicted octanol–water partition coefficient (Wildman–Crippen LogP) is 5.63. The Labute approximate surface area is 235 Å². The van der Waals surface area contributed by atoms with Gasteiger partial charge >= 0.3 is 6.09 Å². The minimum absolute atomic E-state index is 0.0454. The molecule has 3 aromatic heterocycles. The summed E-state index contributed by atoms with van der Waals surface area (Å²) in [6.45, 7) is 3.37. The van der Waals surface area contributed by atoms with Crippen LogP contribution in [0.4, 0.5) is 4.79 Å². The number of nitrogens with one attached hydrogen (secondary N) is 3. The Hall–Kier alpha value is -5.09. The molecule has 0 aliphatic rings. The lowest BCUT2D eigenvalue weighted by Crippen LogP contribution is -2.28. The molecule has 0 radical (unpaired) electrons. The molecule has 0 fully saturated rings. The number of fused-ring (bicyclic) bond motifs is 3. The summed E-state index contributed by atoms with van der Waals surface area (Å²) in [5, 5.41) is 16.2. The van der Waals surface area contributed by atoms with Gasteiger partial charge in [-0.15, -0.1) is 0 Å². The molecule has 0 unspecified atom stereocenters. The monoisotopic (exact) mass is 551 g/mol. The van der Waals surface area contributed by atoms with E-state index in [9.17, 15) is 9.90 Å². The number of ether oxygens (including phenoxy) is 3. The Bertz CT molecular complexity index is 1880. The van der Waals surface area contributed by atoms with Crippen molar-refractivity contribution in [1.29, 1.82) is 0 Å². The van der Waals surface area contributed by atoms with Gasteiger partial charge < -0.3 is 34.6 Å². The van der Waals surface area contributed by atoms with E-state index in [1.54, 1.807) is 25.3 Å². The first-order chi connectivity index (χ1) is 20.0. The summed E-state index contributed by atoms with van der Waals surface area (Å²) in [6.07, 6.45) is 3.51. The highest BCUT2D eigenvalue weighted by Gasteiger charge is 2.19. The number of aryl methyl sites for hydroxylation is 1. The van der Waals surface area contributed by atoms with Gasteiger partial charge in [0.15, 0.2) is 5.88 Å². The van der Waals surface area contributed by atoms with Crippen LogP contribution in [0, 0.1) is 6.92 Å². The number of aromatic nitrogens is 4. The second-order valence-corrected chi connectivity index (χ2v) is 9.73. The number of carbonyl (C=O) groups excluding carboxylic acids is 1. The number of hydrogen-bond donors (Lipinski definition) is 4. The fourth-order valence-corrected chi connectivity index (χ4v) is 4.97. The third-order valence-corrected chi connectivity index (χ3v) is 6.95. The molecule has 0 saturated carbocycles. The third kappa shape index (κ3) is 5.37. The van der Waals surface area contributed by atoms with Gasteiger partial charge in [0, 0.05) is 53.1 Å². The highest BCUT2D eigenvalue weighted by molar-refractivity contribution is 6.05. The molecule has 0 aliphatic carbocycles. The van der Waals surface area contributed by atoms with Gasteiger partial charge in [0.05, 0.1) is 23.4 Å². The number of methoxy groups -OCH3 is 1. The molecule has 3 aromatic carbocycles.